The van der Waals surface area contributed by atoms with Crippen molar-refractivity contribution in [3.05, 3.63) is 47.5 Å². The van der Waals surface area contributed by atoms with Crippen molar-refractivity contribution in [1.29, 1.82) is 0 Å². The van der Waals surface area contributed by atoms with Gasteiger partial charge in [-0.1, -0.05) is 20.8 Å². The fourth-order valence-corrected chi connectivity index (χ4v) is 4.39. The number of halogens is 1. The van der Waals surface area contributed by atoms with Crippen LogP contribution >= 0.6 is 0 Å². The van der Waals surface area contributed by atoms with Crippen molar-refractivity contribution < 1.29 is 19.4 Å². The zero-order valence-corrected chi connectivity index (χ0v) is 20.4. The van der Waals surface area contributed by atoms with Crippen LogP contribution in [-0.4, -0.2) is 75.6 Å². The van der Waals surface area contributed by atoms with E-state index in [-0.39, 0.29) is 34.6 Å². The second kappa shape index (κ2) is 9.91. The lowest BCUT2D eigenvalue weighted by atomic mass is 9.98. The minimum Gasteiger partial charge on any atom is -0.508 e. The number of aromatic nitrogens is 3. The molecule has 10 heteroatoms. The summed E-state index contributed by atoms with van der Waals surface area (Å²) in [4.78, 5) is 16.9. The van der Waals surface area contributed by atoms with Crippen molar-refractivity contribution in [2.75, 3.05) is 44.7 Å². The summed E-state index contributed by atoms with van der Waals surface area (Å²) in [5.41, 5.74) is 1.71. The van der Waals surface area contributed by atoms with Crippen LogP contribution in [0.1, 0.15) is 42.9 Å². The quantitative estimate of drug-likeness (QED) is 0.496. The molecular weight excluding hydrogens is 451 g/mol. The zero-order chi connectivity index (χ0) is 25.3. The van der Waals surface area contributed by atoms with Crippen LogP contribution in [0.3, 0.4) is 0 Å². The van der Waals surface area contributed by atoms with Crippen molar-refractivity contribution in [2.45, 2.75) is 26.7 Å². The summed E-state index contributed by atoms with van der Waals surface area (Å²) in [7, 11) is 1.47. The fraction of sp³-hybridized carbons (Fsp3) is 0.400. The van der Waals surface area contributed by atoms with Crippen molar-refractivity contribution >= 4 is 11.6 Å². The molecule has 0 unspecified atom stereocenters. The van der Waals surface area contributed by atoms with Gasteiger partial charge >= 0.3 is 0 Å². The maximum atomic E-state index is 15.4. The molecule has 9 nitrogen and oxygen atoms in total. The molecule has 0 radical (unpaired) electrons. The molecule has 3 N–H and O–H groups in total. The van der Waals surface area contributed by atoms with Crippen LogP contribution in [0.4, 0.5) is 10.1 Å². The van der Waals surface area contributed by atoms with E-state index in [1.165, 1.54) is 23.7 Å². The van der Waals surface area contributed by atoms with Crippen LogP contribution in [0.2, 0.25) is 0 Å². The van der Waals surface area contributed by atoms with Crippen molar-refractivity contribution in [3.8, 4) is 28.6 Å². The Kier molecular flexibility index (Phi) is 6.93. The lowest BCUT2D eigenvalue weighted by Gasteiger charge is -2.35. The first kappa shape index (κ1) is 24.5. The molecule has 1 aliphatic rings. The fourth-order valence-electron chi connectivity index (χ4n) is 4.39. The number of phenols is 2. The normalized spacial score (nSPS) is 14.5. The molecular formula is C25H31FN6O3. The molecule has 0 aliphatic carbocycles. The van der Waals surface area contributed by atoms with Gasteiger partial charge in [0, 0.05) is 45.4 Å². The number of carbonyl (C=O) groups excluding carboxylic acids is 1. The summed E-state index contributed by atoms with van der Waals surface area (Å²) in [6, 6.07) is 7.61. The van der Waals surface area contributed by atoms with Gasteiger partial charge in [-0.05, 0) is 36.2 Å². The van der Waals surface area contributed by atoms with E-state index in [1.807, 2.05) is 18.7 Å². The number of benzene rings is 2. The first-order valence-corrected chi connectivity index (χ1v) is 11.8. The Bertz CT molecular complexity index is 1230. The highest BCUT2D eigenvalue weighted by molar-refractivity contribution is 5.92. The highest BCUT2D eigenvalue weighted by Crippen LogP contribution is 2.38. The van der Waals surface area contributed by atoms with Crippen molar-refractivity contribution in [2.24, 2.45) is 0 Å². The number of hydrogen-bond donors (Lipinski definition) is 3. The number of rotatable bonds is 6. The van der Waals surface area contributed by atoms with Crippen LogP contribution in [0.5, 0.6) is 11.5 Å². The standard InChI is InChI=1S/C25H31FN6O3/c1-5-30-8-10-31(11-9-30)20-7-6-16(12-19(20)26)32-23(28-29-24(32)25(35)27-4)18-13-17(15(2)3)21(33)14-22(18)34/h6-7,12-15,33-34H,5,8-11H2,1-4H3,(H,27,35). The minimum atomic E-state index is -0.508. The second-order valence-corrected chi connectivity index (χ2v) is 8.90. The molecule has 0 atom stereocenters. The van der Waals surface area contributed by atoms with E-state index in [0.717, 1.165) is 32.7 Å². The number of nitrogens with one attached hydrogen (secondary N) is 1. The van der Waals surface area contributed by atoms with Crippen molar-refractivity contribution in [1.82, 2.24) is 25.0 Å². The van der Waals surface area contributed by atoms with Gasteiger partial charge in [-0.3, -0.25) is 9.36 Å². The summed E-state index contributed by atoms with van der Waals surface area (Å²) < 4.78 is 16.8. The van der Waals surface area contributed by atoms with Crippen LogP contribution in [-0.2, 0) is 0 Å². The van der Waals surface area contributed by atoms with E-state index in [4.69, 9.17) is 0 Å². The Morgan fingerprint density at radius 2 is 1.80 bits per heavy atom. The van der Waals surface area contributed by atoms with Gasteiger partial charge < -0.3 is 25.3 Å². The number of phenolic OH excluding ortho intramolecular Hbond substituents is 2. The topological polar surface area (TPSA) is 107 Å². The minimum absolute atomic E-state index is 0.0333. The highest BCUT2D eigenvalue weighted by Gasteiger charge is 2.25. The molecule has 1 aliphatic heterocycles. The van der Waals surface area contributed by atoms with Crippen molar-refractivity contribution in [3.63, 3.8) is 0 Å². The molecule has 0 saturated carbocycles. The van der Waals surface area contributed by atoms with E-state index < -0.39 is 11.7 Å². The summed E-state index contributed by atoms with van der Waals surface area (Å²) in [6.07, 6.45) is 0. The molecule has 4 rings (SSSR count). The lowest BCUT2D eigenvalue weighted by molar-refractivity contribution is 0.0950. The Hall–Kier alpha value is -3.66. The molecule has 1 aromatic heterocycles. The smallest absolute Gasteiger partial charge is 0.289 e. The van der Waals surface area contributed by atoms with E-state index >= 15 is 4.39 Å². The molecule has 186 valence electrons. The maximum absolute atomic E-state index is 15.4. The van der Waals surface area contributed by atoms with Crippen LogP contribution < -0.4 is 10.2 Å². The van der Waals surface area contributed by atoms with Gasteiger partial charge in [0.2, 0.25) is 5.82 Å². The average Bonchev–Trinajstić information content (AvgIpc) is 3.28. The highest BCUT2D eigenvalue weighted by atomic mass is 19.1. The average molecular weight is 483 g/mol. The Labute approximate surface area is 203 Å². The van der Waals surface area contributed by atoms with Gasteiger partial charge in [-0.25, -0.2) is 4.39 Å². The molecule has 1 saturated heterocycles. The Balaban J connectivity index is 1.80. The third kappa shape index (κ3) is 4.66. The predicted octanol–water partition coefficient (Wildman–Crippen LogP) is 3.11. The molecule has 0 bridgehead atoms. The number of hydrogen-bond acceptors (Lipinski definition) is 7. The van der Waals surface area contributed by atoms with Gasteiger partial charge in [0.1, 0.15) is 17.3 Å². The van der Waals surface area contributed by atoms with Gasteiger partial charge in [-0.15, -0.1) is 10.2 Å². The number of nitrogens with zero attached hydrogens (tertiary/aromatic N) is 5. The number of likely N-dealkylation sites (N-methyl/N-ethyl adjacent to an activating group) is 1. The first-order chi connectivity index (χ1) is 16.7. The summed E-state index contributed by atoms with van der Waals surface area (Å²) in [5, 5.41) is 31.6. The van der Waals surface area contributed by atoms with E-state index in [9.17, 15) is 15.0 Å². The number of anilines is 1. The van der Waals surface area contributed by atoms with Gasteiger partial charge in [0.15, 0.2) is 5.82 Å². The van der Waals surface area contributed by atoms with E-state index in [1.54, 1.807) is 18.2 Å². The van der Waals surface area contributed by atoms with Crippen LogP contribution in [0, 0.1) is 5.82 Å². The molecule has 0 spiro atoms. The van der Waals surface area contributed by atoms with Crippen LogP contribution in [0.25, 0.3) is 17.1 Å². The maximum Gasteiger partial charge on any atom is 0.289 e. The number of aromatic hydroxyl groups is 2. The SMILES string of the molecule is CCN1CCN(c2ccc(-n3c(C(=O)NC)nnc3-c3cc(C(C)C)c(O)cc3O)cc2F)CC1. The third-order valence-electron chi connectivity index (χ3n) is 6.45. The first-order valence-electron chi connectivity index (χ1n) is 11.8. The monoisotopic (exact) mass is 482 g/mol. The van der Waals surface area contributed by atoms with Crippen LogP contribution in [0.15, 0.2) is 30.3 Å². The molecule has 2 aromatic carbocycles. The largest absolute Gasteiger partial charge is 0.508 e. The molecule has 2 heterocycles. The Morgan fingerprint density at radius 3 is 2.40 bits per heavy atom. The number of carbonyl (C=O) groups is 1. The summed E-state index contributed by atoms with van der Waals surface area (Å²) >= 11 is 0. The summed E-state index contributed by atoms with van der Waals surface area (Å²) in [6.45, 7) is 10.1. The van der Waals surface area contributed by atoms with Gasteiger partial charge in [0.05, 0.1) is 16.9 Å². The Morgan fingerprint density at radius 1 is 1.09 bits per heavy atom. The van der Waals surface area contributed by atoms with Gasteiger partial charge in [-0.2, -0.15) is 0 Å². The number of piperazine rings is 1. The van der Waals surface area contributed by atoms with Gasteiger partial charge in [0.25, 0.3) is 5.91 Å². The molecule has 3 aromatic rings. The molecule has 1 fully saturated rings. The number of amides is 1. The predicted molar refractivity (Wildman–Crippen MR) is 132 cm³/mol. The lowest BCUT2D eigenvalue weighted by Crippen LogP contribution is -2.46. The second-order valence-electron chi connectivity index (χ2n) is 8.90. The summed E-state index contributed by atoms with van der Waals surface area (Å²) in [5.74, 6) is -1.13. The van der Waals surface area contributed by atoms with E-state index in [0.29, 0.717) is 16.9 Å². The third-order valence-corrected chi connectivity index (χ3v) is 6.45. The molecule has 1 amide bonds. The molecule has 35 heavy (non-hydrogen) atoms. The van der Waals surface area contributed by atoms with E-state index in [2.05, 4.69) is 27.3 Å². The zero-order valence-electron chi connectivity index (χ0n) is 20.4.